The topological polar surface area (TPSA) is 39.5 Å². The summed E-state index contributed by atoms with van der Waals surface area (Å²) in [5.41, 5.74) is 0. The second kappa shape index (κ2) is 3.32. The van der Waals surface area contributed by atoms with Gasteiger partial charge in [-0.1, -0.05) is 6.08 Å². The Morgan fingerprint density at radius 2 is 2.36 bits per heavy atom. The summed E-state index contributed by atoms with van der Waals surface area (Å²) in [6.07, 6.45) is 6.42. The SMILES string of the molecule is CN(C)C(=N)C1C=CN=CC1. The quantitative estimate of drug-likeness (QED) is 0.443. The zero-order chi connectivity index (χ0) is 8.27. The molecule has 1 N–H and O–H groups in total. The largest absolute Gasteiger partial charge is 0.366 e. The van der Waals surface area contributed by atoms with Gasteiger partial charge < -0.3 is 4.90 Å². The average molecular weight is 151 g/mol. The van der Waals surface area contributed by atoms with E-state index in [-0.39, 0.29) is 5.92 Å². The molecule has 0 fully saturated rings. The van der Waals surface area contributed by atoms with Crippen LogP contribution >= 0.6 is 0 Å². The van der Waals surface area contributed by atoms with E-state index < -0.39 is 0 Å². The molecule has 1 aliphatic heterocycles. The van der Waals surface area contributed by atoms with Gasteiger partial charge in [0.2, 0.25) is 0 Å². The molecule has 1 atom stereocenters. The third-order valence-electron chi connectivity index (χ3n) is 1.70. The summed E-state index contributed by atoms with van der Waals surface area (Å²) in [7, 11) is 3.78. The average Bonchev–Trinajstić information content (AvgIpc) is 2.05. The first kappa shape index (κ1) is 7.98. The second-order valence-corrected chi connectivity index (χ2v) is 2.80. The highest BCUT2D eigenvalue weighted by atomic mass is 15.1. The van der Waals surface area contributed by atoms with Gasteiger partial charge in [-0.3, -0.25) is 10.4 Å². The van der Waals surface area contributed by atoms with Gasteiger partial charge in [0.15, 0.2) is 0 Å². The summed E-state index contributed by atoms with van der Waals surface area (Å²) < 4.78 is 0. The van der Waals surface area contributed by atoms with Crippen LogP contribution in [0.4, 0.5) is 0 Å². The molecule has 0 saturated carbocycles. The highest BCUT2D eigenvalue weighted by Gasteiger charge is 2.12. The van der Waals surface area contributed by atoms with Gasteiger partial charge in [0.25, 0.3) is 0 Å². The smallest absolute Gasteiger partial charge is 0.103 e. The van der Waals surface area contributed by atoms with Crippen molar-refractivity contribution in [2.24, 2.45) is 10.9 Å². The van der Waals surface area contributed by atoms with Gasteiger partial charge >= 0.3 is 0 Å². The van der Waals surface area contributed by atoms with Crippen molar-refractivity contribution >= 4 is 12.1 Å². The van der Waals surface area contributed by atoms with Crippen molar-refractivity contribution in [2.45, 2.75) is 6.42 Å². The molecule has 1 unspecified atom stereocenters. The standard InChI is InChI=1S/C8H13N3/c1-11(2)8(9)7-3-5-10-6-4-7/h3,5-7,9H,4H2,1-2H3. The van der Waals surface area contributed by atoms with Crippen LogP contribution in [0.2, 0.25) is 0 Å². The monoisotopic (exact) mass is 151 g/mol. The molecular formula is C8H13N3. The molecule has 0 aliphatic carbocycles. The number of amidine groups is 1. The lowest BCUT2D eigenvalue weighted by Crippen LogP contribution is -2.28. The van der Waals surface area contributed by atoms with E-state index in [1.165, 1.54) is 0 Å². The number of hydrogen-bond acceptors (Lipinski definition) is 2. The van der Waals surface area contributed by atoms with Crippen LogP contribution in [-0.4, -0.2) is 31.0 Å². The first-order valence-electron chi connectivity index (χ1n) is 3.66. The number of rotatable bonds is 1. The molecule has 3 nitrogen and oxygen atoms in total. The van der Waals surface area contributed by atoms with Crippen LogP contribution in [0, 0.1) is 11.3 Å². The fraction of sp³-hybridized carbons (Fsp3) is 0.500. The summed E-state index contributed by atoms with van der Waals surface area (Å²) in [5.74, 6) is 0.870. The number of hydrogen-bond donors (Lipinski definition) is 1. The molecule has 0 aromatic carbocycles. The van der Waals surface area contributed by atoms with E-state index in [0.717, 1.165) is 6.42 Å². The molecule has 0 aromatic heterocycles. The van der Waals surface area contributed by atoms with Crippen LogP contribution in [0.25, 0.3) is 0 Å². The second-order valence-electron chi connectivity index (χ2n) is 2.80. The van der Waals surface area contributed by atoms with Crippen molar-refractivity contribution in [3.63, 3.8) is 0 Å². The lowest BCUT2D eigenvalue weighted by atomic mass is 10.0. The molecule has 0 radical (unpaired) electrons. The van der Waals surface area contributed by atoms with E-state index in [1.807, 2.05) is 31.3 Å². The van der Waals surface area contributed by atoms with Crippen LogP contribution in [0.15, 0.2) is 17.3 Å². The zero-order valence-electron chi connectivity index (χ0n) is 6.91. The fourth-order valence-corrected chi connectivity index (χ4v) is 1.00. The summed E-state index contributed by atoms with van der Waals surface area (Å²) in [5, 5.41) is 7.65. The summed E-state index contributed by atoms with van der Waals surface area (Å²) in [6, 6.07) is 0. The molecule has 1 heterocycles. The Bertz CT molecular complexity index is 203. The normalized spacial score (nSPS) is 21.8. The molecule has 0 spiro atoms. The molecule has 11 heavy (non-hydrogen) atoms. The number of nitrogens with zero attached hydrogens (tertiary/aromatic N) is 2. The third-order valence-corrected chi connectivity index (χ3v) is 1.70. The van der Waals surface area contributed by atoms with Crippen molar-refractivity contribution in [1.82, 2.24) is 4.90 Å². The Morgan fingerprint density at radius 3 is 2.82 bits per heavy atom. The molecule has 0 saturated heterocycles. The molecule has 0 bridgehead atoms. The van der Waals surface area contributed by atoms with Crippen LogP contribution in [0.5, 0.6) is 0 Å². The predicted octanol–water partition coefficient (Wildman–Crippen LogP) is 1.13. The van der Waals surface area contributed by atoms with Gasteiger partial charge in [0.05, 0.1) is 0 Å². The Morgan fingerprint density at radius 1 is 1.64 bits per heavy atom. The molecule has 0 aromatic rings. The highest BCUT2D eigenvalue weighted by molar-refractivity contribution is 5.86. The van der Waals surface area contributed by atoms with E-state index in [2.05, 4.69) is 4.99 Å². The van der Waals surface area contributed by atoms with Crippen LogP contribution in [0.1, 0.15) is 6.42 Å². The highest BCUT2D eigenvalue weighted by Crippen LogP contribution is 2.10. The van der Waals surface area contributed by atoms with Gasteiger partial charge in [-0.2, -0.15) is 0 Å². The Labute approximate surface area is 66.9 Å². The summed E-state index contributed by atoms with van der Waals surface area (Å²) in [6.45, 7) is 0. The molecule has 0 amide bonds. The fourth-order valence-electron chi connectivity index (χ4n) is 1.00. The van der Waals surface area contributed by atoms with Gasteiger partial charge in [0, 0.05) is 32.4 Å². The molecule has 3 heteroatoms. The summed E-state index contributed by atoms with van der Waals surface area (Å²) in [4.78, 5) is 5.78. The van der Waals surface area contributed by atoms with E-state index in [0.29, 0.717) is 5.84 Å². The van der Waals surface area contributed by atoms with Crippen molar-refractivity contribution in [2.75, 3.05) is 14.1 Å². The number of aliphatic imine (C=N–C) groups is 1. The predicted molar refractivity (Wildman–Crippen MR) is 47.2 cm³/mol. The van der Waals surface area contributed by atoms with E-state index in [9.17, 15) is 0 Å². The summed E-state index contributed by atoms with van der Waals surface area (Å²) >= 11 is 0. The third kappa shape index (κ3) is 1.90. The van der Waals surface area contributed by atoms with E-state index in [4.69, 9.17) is 5.41 Å². The number of nitrogens with one attached hydrogen (secondary N) is 1. The van der Waals surface area contributed by atoms with Crippen molar-refractivity contribution in [3.05, 3.63) is 12.3 Å². The van der Waals surface area contributed by atoms with Gasteiger partial charge in [-0.05, 0) is 6.42 Å². The van der Waals surface area contributed by atoms with Crippen LogP contribution in [-0.2, 0) is 0 Å². The van der Waals surface area contributed by atoms with E-state index >= 15 is 0 Å². The first-order chi connectivity index (χ1) is 5.22. The minimum Gasteiger partial charge on any atom is -0.366 e. The minimum absolute atomic E-state index is 0.225. The van der Waals surface area contributed by atoms with Crippen molar-refractivity contribution < 1.29 is 0 Å². The van der Waals surface area contributed by atoms with Crippen LogP contribution in [0.3, 0.4) is 0 Å². The van der Waals surface area contributed by atoms with Crippen molar-refractivity contribution in [1.29, 1.82) is 5.41 Å². The molecular weight excluding hydrogens is 138 g/mol. The first-order valence-corrected chi connectivity index (χ1v) is 3.66. The molecule has 1 rings (SSSR count). The lowest BCUT2D eigenvalue weighted by molar-refractivity contribution is 0.575. The molecule has 60 valence electrons. The Hall–Kier alpha value is -1.12. The Kier molecular flexibility index (Phi) is 2.41. The maximum Gasteiger partial charge on any atom is 0.103 e. The maximum atomic E-state index is 7.65. The van der Waals surface area contributed by atoms with Gasteiger partial charge in [-0.25, -0.2) is 0 Å². The zero-order valence-corrected chi connectivity index (χ0v) is 6.91. The molecule has 1 aliphatic rings. The van der Waals surface area contributed by atoms with Crippen LogP contribution < -0.4 is 0 Å². The van der Waals surface area contributed by atoms with Gasteiger partial charge in [0.1, 0.15) is 5.84 Å². The maximum absolute atomic E-state index is 7.65. The van der Waals surface area contributed by atoms with E-state index in [1.54, 1.807) is 6.20 Å². The van der Waals surface area contributed by atoms with Crippen molar-refractivity contribution in [3.8, 4) is 0 Å². The lowest BCUT2D eigenvalue weighted by Gasteiger charge is -2.20. The minimum atomic E-state index is 0.225. The van der Waals surface area contributed by atoms with Gasteiger partial charge in [-0.15, -0.1) is 0 Å². The Balaban J connectivity index is 2.55.